The Balaban J connectivity index is 1.74. The maximum absolute atomic E-state index is 14.1. The molecule has 134 valence electrons. The number of nitrogens with two attached hydrogens (primary N) is 1. The minimum atomic E-state index is -0.381. The Bertz CT molecular complexity index is 952. The van der Waals surface area contributed by atoms with Gasteiger partial charge in [0.25, 0.3) is 5.91 Å². The number of hydrogen-bond acceptors (Lipinski definition) is 5. The van der Waals surface area contributed by atoms with Crippen LogP contribution in [0.15, 0.2) is 47.0 Å². The number of nitrogens with one attached hydrogen (secondary N) is 2. The second kappa shape index (κ2) is 7.26. The van der Waals surface area contributed by atoms with Crippen molar-refractivity contribution in [3.05, 3.63) is 71.1 Å². The number of aromatic nitrogens is 1. The molecular formula is C19H19FN4O2. The highest BCUT2D eigenvalue weighted by molar-refractivity contribution is 6.05. The Morgan fingerprint density at radius 3 is 2.77 bits per heavy atom. The van der Waals surface area contributed by atoms with E-state index in [0.29, 0.717) is 39.8 Å². The Kier molecular flexibility index (Phi) is 4.88. The van der Waals surface area contributed by atoms with Gasteiger partial charge < -0.3 is 20.8 Å². The van der Waals surface area contributed by atoms with E-state index in [4.69, 9.17) is 10.2 Å². The molecule has 3 rings (SSSR count). The van der Waals surface area contributed by atoms with Crippen molar-refractivity contribution < 1.29 is 13.6 Å². The lowest BCUT2D eigenvalue weighted by Gasteiger charge is -2.11. The number of amides is 1. The number of benzene rings is 1. The third kappa shape index (κ3) is 3.83. The molecule has 0 saturated heterocycles. The van der Waals surface area contributed by atoms with Crippen LogP contribution >= 0.6 is 0 Å². The fourth-order valence-corrected chi connectivity index (χ4v) is 2.60. The summed E-state index contributed by atoms with van der Waals surface area (Å²) in [6.07, 6.45) is 1.58. The van der Waals surface area contributed by atoms with Crippen LogP contribution in [0.4, 0.5) is 21.6 Å². The Morgan fingerprint density at radius 1 is 1.27 bits per heavy atom. The highest BCUT2D eigenvalue weighted by Crippen LogP contribution is 2.21. The van der Waals surface area contributed by atoms with Crippen LogP contribution in [0.2, 0.25) is 0 Å². The largest absolute Gasteiger partial charge is 0.466 e. The third-order valence-electron chi connectivity index (χ3n) is 3.90. The summed E-state index contributed by atoms with van der Waals surface area (Å²) in [6, 6.07) is 9.57. The number of hydrogen-bond donors (Lipinski definition) is 3. The molecule has 6 nitrogen and oxygen atoms in total. The Morgan fingerprint density at radius 2 is 2.08 bits per heavy atom. The molecule has 0 fully saturated rings. The van der Waals surface area contributed by atoms with Gasteiger partial charge in [-0.05, 0) is 50.2 Å². The van der Waals surface area contributed by atoms with Crippen molar-refractivity contribution in [2.24, 2.45) is 0 Å². The first-order valence-electron chi connectivity index (χ1n) is 8.05. The minimum absolute atomic E-state index is 0.204. The average molecular weight is 354 g/mol. The van der Waals surface area contributed by atoms with Crippen molar-refractivity contribution in [3.63, 3.8) is 0 Å². The predicted molar refractivity (Wildman–Crippen MR) is 98.5 cm³/mol. The minimum Gasteiger partial charge on any atom is -0.466 e. The molecule has 0 atom stereocenters. The van der Waals surface area contributed by atoms with Gasteiger partial charge in [0, 0.05) is 24.0 Å². The number of nitrogens with zero attached hydrogens (tertiary/aromatic N) is 1. The maximum Gasteiger partial charge on any atom is 0.259 e. The predicted octanol–water partition coefficient (Wildman–Crippen LogP) is 3.88. The maximum atomic E-state index is 14.1. The topological polar surface area (TPSA) is 93.2 Å². The number of nitrogen functional groups attached to an aromatic ring is 1. The van der Waals surface area contributed by atoms with E-state index >= 15 is 0 Å². The highest BCUT2D eigenvalue weighted by atomic mass is 19.1. The number of halogens is 1. The molecule has 2 heterocycles. The van der Waals surface area contributed by atoms with E-state index in [-0.39, 0.29) is 18.3 Å². The van der Waals surface area contributed by atoms with Crippen LogP contribution in [-0.4, -0.2) is 10.9 Å². The molecular weight excluding hydrogens is 335 g/mol. The van der Waals surface area contributed by atoms with Crippen molar-refractivity contribution in [1.29, 1.82) is 0 Å². The lowest BCUT2D eigenvalue weighted by atomic mass is 10.1. The third-order valence-corrected chi connectivity index (χ3v) is 3.90. The zero-order chi connectivity index (χ0) is 18.7. The van der Waals surface area contributed by atoms with Gasteiger partial charge in [-0.25, -0.2) is 9.37 Å². The van der Waals surface area contributed by atoms with Gasteiger partial charge in [-0.3, -0.25) is 4.79 Å². The summed E-state index contributed by atoms with van der Waals surface area (Å²) < 4.78 is 19.5. The van der Waals surface area contributed by atoms with E-state index in [2.05, 4.69) is 15.6 Å². The summed E-state index contributed by atoms with van der Waals surface area (Å²) in [5.74, 6) is 0.847. The van der Waals surface area contributed by atoms with Gasteiger partial charge in [0.15, 0.2) is 0 Å². The van der Waals surface area contributed by atoms with Crippen LogP contribution in [0.1, 0.15) is 27.4 Å². The molecule has 0 radical (unpaired) electrons. The molecule has 26 heavy (non-hydrogen) atoms. The average Bonchev–Trinajstić information content (AvgIpc) is 2.95. The number of rotatable bonds is 5. The number of carbonyl (C=O) groups is 1. The van der Waals surface area contributed by atoms with Crippen molar-refractivity contribution in [1.82, 2.24) is 4.98 Å². The van der Waals surface area contributed by atoms with E-state index < -0.39 is 0 Å². The zero-order valence-electron chi connectivity index (χ0n) is 14.5. The second-order valence-electron chi connectivity index (χ2n) is 5.88. The number of carbonyl (C=O) groups excluding carboxylic acids is 1. The van der Waals surface area contributed by atoms with E-state index in [1.165, 1.54) is 12.1 Å². The van der Waals surface area contributed by atoms with Crippen molar-refractivity contribution in [2.75, 3.05) is 16.4 Å². The van der Waals surface area contributed by atoms with Crippen LogP contribution in [0.3, 0.4) is 0 Å². The van der Waals surface area contributed by atoms with E-state index in [9.17, 15) is 9.18 Å². The van der Waals surface area contributed by atoms with Crippen LogP contribution in [0.25, 0.3) is 0 Å². The molecule has 0 aliphatic rings. The summed E-state index contributed by atoms with van der Waals surface area (Å²) in [6.45, 7) is 3.70. The molecule has 0 spiro atoms. The first-order valence-corrected chi connectivity index (χ1v) is 8.05. The van der Waals surface area contributed by atoms with Gasteiger partial charge in [0.1, 0.15) is 23.2 Å². The monoisotopic (exact) mass is 354 g/mol. The fourth-order valence-electron chi connectivity index (χ4n) is 2.60. The molecule has 0 unspecified atom stereocenters. The molecule has 4 N–H and O–H groups in total. The summed E-state index contributed by atoms with van der Waals surface area (Å²) in [5, 5.41) is 5.80. The van der Waals surface area contributed by atoms with Gasteiger partial charge in [0.2, 0.25) is 0 Å². The van der Waals surface area contributed by atoms with Gasteiger partial charge >= 0.3 is 0 Å². The quantitative estimate of drug-likeness (QED) is 0.646. The second-order valence-corrected chi connectivity index (χ2v) is 5.88. The van der Waals surface area contributed by atoms with E-state index in [1.54, 1.807) is 44.3 Å². The molecule has 0 saturated carbocycles. The zero-order valence-corrected chi connectivity index (χ0v) is 14.5. The van der Waals surface area contributed by atoms with Crippen molar-refractivity contribution >= 4 is 23.1 Å². The molecule has 0 bridgehead atoms. The number of pyridine rings is 1. The molecule has 7 heteroatoms. The lowest BCUT2D eigenvalue weighted by Crippen LogP contribution is -2.13. The molecule has 1 aromatic carbocycles. The lowest BCUT2D eigenvalue weighted by molar-refractivity contribution is 0.102. The summed E-state index contributed by atoms with van der Waals surface area (Å²) in [5.41, 5.74) is 7.72. The highest BCUT2D eigenvalue weighted by Gasteiger charge is 2.14. The first kappa shape index (κ1) is 17.5. The number of anilines is 3. The molecule has 3 aromatic rings. The first-order chi connectivity index (χ1) is 12.4. The van der Waals surface area contributed by atoms with Gasteiger partial charge in [0.05, 0.1) is 11.3 Å². The smallest absolute Gasteiger partial charge is 0.259 e. The molecule has 0 aliphatic carbocycles. The molecule has 1 amide bonds. The summed E-state index contributed by atoms with van der Waals surface area (Å²) in [4.78, 5) is 16.3. The van der Waals surface area contributed by atoms with Crippen LogP contribution in [-0.2, 0) is 6.54 Å². The van der Waals surface area contributed by atoms with E-state index in [1.807, 2.05) is 0 Å². The number of furan rings is 1. The summed E-state index contributed by atoms with van der Waals surface area (Å²) >= 11 is 0. The standard InChI is InChI=1S/C19H19FN4O2/c1-11-8-15(12(2)26-11)19(25)24-14-5-6-16(20)13(9-14)10-23-17-4-3-7-22-18(17)21/h3-9,23H,10H2,1-2H3,(H2,21,22)(H,24,25). The van der Waals surface area contributed by atoms with Crippen molar-refractivity contribution in [3.8, 4) is 0 Å². The molecule has 2 aromatic heterocycles. The van der Waals surface area contributed by atoms with Gasteiger partial charge in [-0.1, -0.05) is 0 Å². The van der Waals surface area contributed by atoms with E-state index in [0.717, 1.165) is 0 Å². The normalized spacial score (nSPS) is 10.6. The van der Waals surface area contributed by atoms with Crippen LogP contribution < -0.4 is 16.4 Å². The number of aryl methyl sites for hydroxylation is 2. The van der Waals surface area contributed by atoms with Crippen molar-refractivity contribution in [2.45, 2.75) is 20.4 Å². The van der Waals surface area contributed by atoms with Crippen LogP contribution in [0, 0.1) is 19.7 Å². The Labute approximate surface area is 150 Å². The molecule has 0 aliphatic heterocycles. The van der Waals surface area contributed by atoms with Gasteiger partial charge in [-0.2, -0.15) is 0 Å². The van der Waals surface area contributed by atoms with Crippen LogP contribution in [0.5, 0.6) is 0 Å². The Hall–Kier alpha value is -3.35. The SMILES string of the molecule is Cc1cc(C(=O)Nc2ccc(F)c(CNc3cccnc3N)c2)c(C)o1. The van der Waals surface area contributed by atoms with Gasteiger partial charge in [-0.15, -0.1) is 0 Å². The fraction of sp³-hybridized carbons (Fsp3) is 0.158. The summed E-state index contributed by atoms with van der Waals surface area (Å²) in [7, 11) is 0.